The molecular formula is C20H18ClN3O3S. The van der Waals surface area contributed by atoms with Crippen molar-refractivity contribution in [2.75, 3.05) is 11.6 Å². The van der Waals surface area contributed by atoms with Crippen LogP contribution in [0.5, 0.6) is 5.88 Å². The molecular weight excluding hydrogens is 398 g/mol. The number of nitrogens with zero attached hydrogens (tertiary/aromatic N) is 2. The van der Waals surface area contributed by atoms with Gasteiger partial charge in [-0.2, -0.15) is 4.98 Å². The van der Waals surface area contributed by atoms with Gasteiger partial charge in [-0.25, -0.2) is 9.78 Å². The molecule has 0 saturated carbocycles. The maximum Gasteiger partial charge on any atom is 0.345 e. The fourth-order valence-corrected chi connectivity index (χ4v) is 2.93. The lowest BCUT2D eigenvalue weighted by atomic mass is 10.2. The second-order valence-electron chi connectivity index (χ2n) is 5.80. The number of benzene rings is 2. The monoisotopic (exact) mass is 415 g/mol. The zero-order chi connectivity index (χ0) is 19.9. The molecule has 8 heteroatoms. The van der Waals surface area contributed by atoms with Gasteiger partial charge in [-0.15, -0.1) is 0 Å². The zero-order valence-electron chi connectivity index (χ0n) is 15.1. The molecule has 1 heterocycles. The third-order valence-electron chi connectivity index (χ3n) is 3.84. The van der Waals surface area contributed by atoms with Crippen LogP contribution in [0, 0.1) is 0 Å². The molecule has 0 radical (unpaired) electrons. The minimum absolute atomic E-state index is 0.0364. The first-order valence-electron chi connectivity index (χ1n) is 8.41. The van der Waals surface area contributed by atoms with E-state index in [1.165, 1.54) is 11.8 Å². The molecule has 2 aromatic carbocycles. The molecule has 0 amide bonds. The summed E-state index contributed by atoms with van der Waals surface area (Å²) in [5.74, 6) is -0.909. The highest BCUT2D eigenvalue weighted by atomic mass is 35.5. The van der Waals surface area contributed by atoms with Gasteiger partial charge in [0.25, 0.3) is 0 Å². The van der Waals surface area contributed by atoms with Gasteiger partial charge in [0.15, 0.2) is 10.7 Å². The molecule has 0 unspecified atom stereocenters. The lowest BCUT2D eigenvalue weighted by Crippen LogP contribution is -2.13. The summed E-state index contributed by atoms with van der Waals surface area (Å²) in [4.78, 5) is 20.4. The summed E-state index contributed by atoms with van der Waals surface area (Å²) >= 11 is 7.21. The number of carbonyl (C=O) groups is 1. The van der Waals surface area contributed by atoms with Crippen molar-refractivity contribution in [3.8, 4) is 5.88 Å². The van der Waals surface area contributed by atoms with Gasteiger partial charge in [0.2, 0.25) is 5.88 Å². The third-order valence-corrected chi connectivity index (χ3v) is 4.64. The zero-order valence-corrected chi connectivity index (χ0v) is 16.6. The fraction of sp³-hybridized carbons (Fsp3) is 0.150. The van der Waals surface area contributed by atoms with E-state index >= 15 is 0 Å². The standard InChI is InChI=1S/C20H18ClN3O3S/c1-28-20-23-17(22-11-13-7-9-15(21)10-8-13)16(19(25)26)18(24-20)27-12-14-5-3-2-4-6-14/h2-10H,11-12H2,1H3,(H,25,26)(H,22,23,24). The summed E-state index contributed by atoms with van der Waals surface area (Å²) in [6.45, 7) is 0.600. The number of hydrogen-bond donors (Lipinski definition) is 2. The van der Waals surface area contributed by atoms with E-state index in [9.17, 15) is 9.90 Å². The number of hydrogen-bond acceptors (Lipinski definition) is 6. The van der Waals surface area contributed by atoms with Crippen molar-refractivity contribution in [3.05, 3.63) is 76.3 Å². The van der Waals surface area contributed by atoms with Crippen molar-refractivity contribution in [2.24, 2.45) is 0 Å². The molecule has 0 fully saturated rings. The number of carboxylic acids is 1. The topological polar surface area (TPSA) is 84.3 Å². The molecule has 0 saturated heterocycles. The Morgan fingerprint density at radius 1 is 1.11 bits per heavy atom. The molecule has 2 N–H and O–H groups in total. The van der Waals surface area contributed by atoms with Crippen LogP contribution in [0.15, 0.2) is 59.8 Å². The van der Waals surface area contributed by atoms with E-state index in [0.29, 0.717) is 16.7 Å². The van der Waals surface area contributed by atoms with Crippen molar-refractivity contribution in [1.82, 2.24) is 9.97 Å². The predicted octanol–water partition coefficient (Wildman–Crippen LogP) is 4.74. The smallest absolute Gasteiger partial charge is 0.345 e. The normalized spacial score (nSPS) is 10.5. The van der Waals surface area contributed by atoms with Crippen molar-refractivity contribution < 1.29 is 14.6 Å². The number of aromatic carboxylic acids is 1. The van der Waals surface area contributed by atoms with Crippen molar-refractivity contribution in [3.63, 3.8) is 0 Å². The van der Waals surface area contributed by atoms with Crippen LogP contribution in [0.3, 0.4) is 0 Å². The highest BCUT2D eigenvalue weighted by molar-refractivity contribution is 7.98. The Bertz CT molecular complexity index is 953. The van der Waals surface area contributed by atoms with Gasteiger partial charge >= 0.3 is 5.97 Å². The van der Waals surface area contributed by atoms with E-state index in [2.05, 4.69) is 15.3 Å². The van der Waals surface area contributed by atoms with Gasteiger partial charge in [-0.1, -0.05) is 65.8 Å². The van der Waals surface area contributed by atoms with E-state index in [4.69, 9.17) is 16.3 Å². The van der Waals surface area contributed by atoms with E-state index in [1.807, 2.05) is 48.7 Å². The summed E-state index contributed by atoms with van der Waals surface area (Å²) in [7, 11) is 0. The molecule has 0 aliphatic carbocycles. The number of thioether (sulfide) groups is 1. The van der Waals surface area contributed by atoms with Crippen molar-refractivity contribution >= 4 is 35.1 Å². The second kappa shape index (κ2) is 9.43. The van der Waals surface area contributed by atoms with Gasteiger partial charge in [-0.3, -0.25) is 0 Å². The summed E-state index contributed by atoms with van der Waals surface area (Å²) in [5.41, 5.74) is 1.76. The number of halogens is 1. The van der Waals surface area contributed by atoms with Crippen molar-refractivity contribution in [1.29, 1.82) is 0 Å². The second-order valence-corrected chi connectivity index (χ2v) is 7.01. The summed E-state index contributed by atoms with van der Waals surface area (Å²) < 4.78 is 5.73. The molecule has 1 aromatic heterocycles. The summed E-state index contributed by atoms with van der Waals surface area (Å²) in [5, 5.41) is 13.9. The molecule has 3 aromatic rings. The van der Waals surface area contributed by atoms with E-state index < -0.39 is 5.97 Å². The predicted molar refractivity (Wildman–Crippen MR) is 110 cm³/mol. The molecule has 0 atom stereocenters. The third kappa shape index (κ3) is 5.15. The highest BCUT2D eigenvalue weighted by Crippen LogP contribution is 2.27. The minimum atomic E-state index is -1.16. The van der Waals surface area contributed by atoms with Crippen LogP contribution in [0.2, 0.25) is 5.02 Å². The van der Waals surface area contributed by atoms with Crippen LogP contribution in [0.1, 0.15) is 21.5 Å². The summed E-state index contributed by atoms with van der Waals surface area (Å²) in [6.07, 6.45) is 1.82. The van der Waals surface area contributed by atoms with Crippen LogP contribution >= 0.6 is 23.4 Å². The van der Waals surface area contributed by atoms with Crippen molar-refractivity contribution in [2.45, 2.75) is 18.3 Å². The van der Waals surface area contributed by atoms with Gasteiger partial charge in [0, 0.05) is 11.6 Å². The molecule has 3 rings (SSSR count). The molecule has 144 valence electrons. The molecule has 0 aliphatic heterocycles. The van der Waals surface area contributed by atoms with Gasteiger partial charge < -0.3 is 15.2 Å². The number of aromatic nitrogens is 2. The van der Waals surface area contributed by atoms with Crippen LogP contribution < -0.4 is 10.1 Å². The van der Waals surface area contributed by atoms with E-state index in [0.717, 1.165) is 11.1 Å². The van der Waals surface area contributed by atoms with Crippen LogP contribution in [-0.2, 0) is 13.2 Å². The summed E-state index contributed by atoms with van der Waals surface area (Å²) in [6, 6.07) is 16.8. The molecule has 0 bridgehead atoms. The van der Waals surface area contributed by atoms with Crippen LogP contribution in [-0.4, -0.2) is 27.3 Å². The Morgan fingerprint density at radius 2 is 1.82 bits per heavy atom. The molecule has 28 heavy (non-hydrogen) atoms. The maximum absolute atomic E-state index is 11.9. The number of ether oxygens (including phenoxy) is 1. The Hall–Kier alpha value is -2.77. The van der Waals surface area contributed by atoms with E-state index in [1.54, 1.807) is 12.1 Å². The first-order chi connectivity index (χ1) is 13.6. The molecule has 0 aliphatic rings. The number of carboxylic acid groups (broad SMARTS) is 1. The van der Waals surface area contributed by atoms with Gasteiger partial charge in [-0.05, 0) is 29.5 Å². The van der Waals surface area contributed by atoms with E-state index in [-0.39, 0.29) is 23.9 Å². The maximum atomic E-state index is 11.9. The Balaban J connectivity index is 1.87. The lowest BCUT2D eigenvalue weighted by molar-refractivity contribution is 0.0691. The molecule has 6 nitrogen and oxygen atoms in total. The van der Waals surface area contributed by atoms with Crippen LogP contribution in [0.4, 0.5) is 5.82 Å². The minimum Gasteiger partial charge on any atom is -0.477 e. The number of nitrogens with one attached hydrogen (secondary N) is 1. The Labute approximate surface area is 171 Å². The Morgan fingerprint density at radius 3 is 2.46 bits per heavy atom. The van der Waals surface area contributed by atoms with Gasteiger partial charge in [0.05, 0.1) is 0 Å². The quantitative estimate of drug-likeness (QED) is 0.406. The van der Waals surface area contributed by atoms with Crippen LogP contribution in [0.25, 0.3) is 0 Å². The lowest BCUT2D eigenvalue weighted by Gasteiger charge is -2.14. The number of anilines is 1. The number of rotatable bonds is 8. The first-order valence-corrected chi connectivity index (χ1v) is 10.0. The Kier molecular flexibility index (Phi) is 6.73. The highest BCUT2D eigenvalue weighted by Gasteiger charge is 2.22. The van der Waals surface area contributed by atoms with Gasteiger partial charge in [0.1, 0.15) is 12.4 Å². The average molecular weight is 416 g/mol. The molecule has 0 spiro atoms. The fourth-order valence-electron chi connectivity index (χ4n) is 2.45. The SMILES string of the molecule is CSc1nc(NCc2ccc(Cl)cc2)c(C(=O)O)c(OCc2ccccc2)n1. The average Bonchev–Trinajstić information content (AvgIpc) is 2.71. The largest absolute Gasteiger partial charge is 0.477 e. The first kappa shape index (κ1) is 20.0.